The van der Waals surface area contributed by atoms with E-state index >= 15 is 0 Å². The Morgan fingerprint density at radius 2 is 1.53 bits per heavy atom. The Hall–Kier alpha value is -3.35. The number of hydrogen-bond donors (Lipinski definition) is 3. The number of rotatable bonds is 9. The minimum Gasteiger partial charge on any atom is -0.480 e. The van der Waals surface area contributed by atoms with E-state index in [0.717, 1.165) is 22.3 Å². The van der Waals surface area contributed by atoms with Crippen molar-refractivity contribution in [2.24, 2.45) is 11.8 Å². The van der Waals surface area contributed by atoms with Crippen LogP contribution in [0.3, 0.4) is 0 Å². The topological polar surface area (TPSA) is 105 Å². The average Bonchev–Trinajstić information content (AvgIpc) is 3.09. The summed E-state index contributed by atoms with van der Waals surface area (Å²) in [7, 11) is 0. The number of carbonyl (C=O) groups excluding carboxylic acids is 2. The first-order valence-corrected chi connectivity index (χ1v) is 10.9. The molecule has 2 aromatic carbocycles. The fraction of sp³-hybridized carbons (Fsp3) is 0.400. The van der Waals surface area contributed by atoms with Crippen LogP contribution in [0.25, 0.3) is 11.1 Å². The number of nitrogens with one attached hydrogen (secondary N) is 2. The molecule has 0 spiro atoms. The van der Waals surface area contributed by atoms with Crippen LogP contribution in [0.2, 0.25) is 0 Å². The van der Waals surface area contributed by atoms with Crippen LogP contribution < -0.4 is 10.6 Å². The molecule has 2 atom stereocenters. The molecule has 7 heteroatoms. The molecule has 3 rings (SSSR count). The van der Waals surface area contributed by atoms with Crippen molar-refractivity contribution in [2.45, 2.75) is 39.2 Å². The third-order valence-corrected chi connectivity index (χ3v) is 5.87. The zero-order valence-corrected chi connectivity index (χ0v) is 18.6. The lowest BCUT2D eigenvalue weighted by Crippen LogP contribution is -2.46. The summed E-state index contributed by atoms with van der Waals surface area (Å²) >= 11 is 0. The van der Waals surface area contributed by atoms with E-state index in [1.807, 2.05) is 24.3 Å². The van der Waals surface area contributed by atoms with Gasteiger partial charge in [0.05, 0.1) is 0 Å². The first-order valence-electron chi connectivity index (χ1n) is 10.9. The fourth-order valence-electron chi connectivity index (χ4n) is 3.98. The molecule has 2 amide bonds. The molecular weight excluding hydrogens is 408 g/mol. The second-order valence-electron chi connectivity index (χ2n) is 8.51. The molecule has 0 bridgehead atoms. The second-order valence-corrected chi connectivity index (χ2v) is 8.51. The van der Waals surface area contributed by atoms with Crippen molar-refractivity contribution in [2.75, 3.05) is 13.2 Å². The number of carbonyl (C=O) groups is 3. The Labute approximate surface area is 188 Å². The van der Waals surface area contributed by atoms with E-state index in [1.165, 1.54) is 0 Å². The molecule has 2 aromatic rings. The molecule has 0 saturated carbocycles. The summed E-state index contributed by atoms with van der Waals surface area (Å²) in [6.45, 7) is 5.66. The molecule has 7 nitrogen and oxygen atoms in total. The Balaban J connectivity index is 1.47. The highest BCUT2D eigenvalue weighted by Crippen LogP contribution is 2.44. The first kappa shape index (κ1) is 23.3. The zero-order chi connectivity index (χ0) is 23.3. The molecule has 0 aliphatic heterocycles. The van der Waals surface area contributed by atoms with Crippen LogP contribution in [0.4, 0.5) is 4.79 Å². The lowest BCUT2D eigenvalue weighted by atomic mass is 9.98. The minimum atomic E-state index is -1.06. The Bertz CT molecular complexity index is 942. The van der Waals surface area contributed by atoms with Crippen LogP contribution in [0, 0.1) is 11.8 Å². The van der Waals surface area contributed by atoms with Gasteiger partial charge >= 0.3 is 12.1 Å². The summed E-state index contributed by atoms with van der Waals surface area (Å²) in [6.07, 6.45) is -0.162. The molecule has 1 unspecified atom stereocenters. The van der Waals surface area contributed by atoms with E-state index in [0.29, 0.717) is 6.42 Å². The van der Waals surface area contributed by atoms with Crippen LogP contribution in [-0.4, -0.2) is 42.3 Å². The molecule has 1 aliphatic rings. The van der Waals surface area contributed by atoms with Gasteiger partial charge in [-0.05, 0) is 34.6 Å². The number of fused-ring (bicyclic) bond motifs is 3. The molecule has 0 saturated heterocycles. The highest BCUT2D eigenvalue weighted by atomic mass is 16.5. The van der Waals surface area contributed by atoms with Crippen molar-refractivity contribution in [3.63, 3.8) is 0 Å². The van der Waals surface area contributed by atoms with Crippen LogP contribution in [-0.2, 0) is 14.3 Å². The van der Waals surface area contributed by atoms with Crippen molar-refractivity contribution in [3.05, 3.63) is 59.7 Å². The van der Waals surface area contributed by atoms with Crippen LogP contribution in [0.15, 0.2) is 48.5 Å². The SMILES string of the molecule is CC(CCNC(=O)OCC1c2ccccc2-c2ccccc21)C(=O)N[C@@H](C(=O)O)C(C)C. The quantitative estimate of drug-likeness (QED) is 0.553. The fourth-order valence-corrected chi connectivity index (χ4v) is 3.98. The van der Waals surface area contributed by atoms with E-state index in [1.54, 1.807) is 20.8 Å². The Kier molecular flexibility index (Phi) is 7.51. The van der Waals surface area contributed by atoms with Gasteiger partial charge in [0.1, 0.15) is 12.6 Å². The summed E-state index contributed by atoms with van der Waals surface area (Å²) < 4.78 is 5.48. The molecule has 0 heterocycles. The zero-order valence-electron chi connectivity index (χ0n) is 18.6. The molecule has 0 radical (unpaired) electrons. The van der Waals surface area contributed by atoms with Crippen molar-refractivity contribution in [1.29, 1.82) is 0 Å². The van der Waals surface area contributed by atoms with E-state index in [9.17, 15) is 19.5 Å². The van der Waals surface area contributed by atoms with Gasteiger partial charge in [0.2, 0.25) is 5.91 Å². The summed E-state index contributed by atoms with van der Waals surface area (Å²) in [6, 6.07) is 15.3. The molecule has 32 heavy (non-hydrogen) atoms. The predicted molar refractivity (Wildman–Crippen MR) is 121 cm³/mol. The molecule has 170 valence electrons. The van der Waals surface area contributed by atoms with E-state index in [-0.39, 0.29) is 30.9 Å². The maximum absolute atomic E-state index is 12.3. The number of amides is 2. The van der Waals surface area contributed by atoms with Crippen molar-refractivity contribution < 1.29 is 24.2 Å². The van der Waals surface area contributed by atoms with Gasteiger partial charge in [-0.2, -0.15) is 0 Å². The van der Waals surface area contributed by atoms with Crippen molar-refractivity contribution in [3.8, 4) is 11.1 Å². The lowest BCUT2D eigenvalue weighted by Gasteiger charge is -2.20. The lowest BCUT2D eigenvalue weighted by molar-refractivity contribution is -0.143. The summed E-state index contributed by atoms with van der Waals surface area (Å²) in [5.41, 5.74) is 4.62. The van der Waals surface area contributed by atoms with Gasteiger partial charge < -0.3 is 20.5 Å². The number of alkyl carbamates (subject to hydrolysis) is 1. The van der Waals surface area contributed by atoms with Gasteiger partial charge in [-0.1, -0.05) is 69.3 Å². The van der Waals surface area contributed by atoms with Gasteiger partial charge in [-0.25, -0.2) is 9.59 Å². The normalized spacial score (nSPS) is 14.2. The van der Waals surface area contributed by atoms with Gasteiger partial charge in [-0.3, -0.25) is 4.79 Å². The smallest absolute Gasteiger partial charge is 0.407 e. The highest BCUT2D eigenvalue weighted by molar-refractivity contribution is 5.85. The first-order chi connectivity index (χ1) is 15.3. The summed E-state index contributed by atoms with van der Waals surface area (Å²) in [5, 5.41) is 14.4. The van der Waals surface area contributed by atoms with Crippen LogP contribution in [0.1, 0.15) is 44.2 Å². The van der Waals surface area contributed by atoms with Gasteiger partial charge in [0.25, 0.3) is 0 Å². The number of carboxylic acids is 1. The number of ether oxygens (including phenoxy) is 1. The van der Waals surface area contributed by atoms with Crippen LogP contribution in [0.5, 0.6) is 0 Å². The van der Waals surface area contributed by atoms with Gasteiger partial charge in [0.15, 0.2) is 0 Å². The maximum Gasteiger partial charge on any atom is 0.407 e. The Morgan fingerprint density at radius 3 is 2.06 bits per heavy atom. The standard InChI is InChI=1S/C25H30N2O5/c1-15(2)22(24(29)30)27-23(28)16(3)12-13-26-25(31)32-14-21-19-10-6-4-8-17(19)18-9-5-7-11-20(18)21/h4-11,15-16,21-22H,12-14H2,1-3H3,(H,26,31)(H,27,28)(H,29,30)/t16?,22-/m1/s1. The van der Waals surface area contributed by atoms with Crippen LogP contribution >= 0.6 is 0 Å². The van der Waals surface area contributed by atoms with Crippen molar-refractivity contribution >= 4 is 18.0 Å². The summed E-state index contributed by atoms with van der Waals surface area (Å²) in [4.78, 5) is 35.7. The molecular formula is C25H30N2O5. The van der Waals surface area contributed by atoms with Gasteiger partial charge in [-0.15, -0.1) is 0 Å². The summed E-state index contributed by atoms with van der Waals surface area (Å²) in [5.74, 6) is -2.08. The molecule has 1 aliphatic carbocycles. The number of carboxylic acid groups (broad SMARTS) is 1. The minimum absolute atomic E-state index is 0.0122. The second kappa shape index (κ2) is 10.3. The van der Waals surface area contributed by atoms with Gasteiger partial charge in [0, 0.05) is 18.4 Å². The van der Waals surface area contributed by atoms with E-state index in [4.69, 9.17) is 4.74 Å². The Morgan fingerprint density at radius 1 is 0.969 bits per heavy atom. The highest BCUT2D eigenvalue weighted by Gasteiger charge is 2.29. The third-order valence-electron chi connectivity index (χ3n) is 5.87. The molecule has 0 fully saturated rings. The monoisotopic (exact) mass is 438 g/mol. The number of hydrogen-bond acceptors (Lipinski definition) is 4. The predicted octanol–water partition coefficient (Wildman–Crippen LogP) is 3.78. The molecule has 3 N–H and O–H groups in total. The average molecular weight is 439 g/mol. The number of benzene rings is 2. The molecule has 0 aromatic heterocycles. The van der Waals surface area contributed by atoms with E-state index in [2.05, 4.69) is 34.9 Å². The third kappa shape index (κ3) is 5.28. The maximum atomic E-state index is 12.3. The van der Waals surface area contributed by atoms with E-state index < -0.39 is 24.0 Å². The van der Waals surface area contributed by atoms with Crippen molar-refractivity contribution in [1.82, 2.24) is 10.6 Å². The number of aliphatic carboxylic acids is 1. The largest absolute Gasteiger partial charge is 0.480 e.